The van der Waals surface area contributed by atoms with Gasteiger partial charge in [0, 0.05) is 5.41 Å². The normalized spacial score (nSPS) is 11.4. The Kier molecular flexibility index (Phi) is 6.48. The third-order valence-electron chi connectivity index (χ3n) is 2.75. The first-order valence-corrected chi connectivity index (χ1v) is 5.97. The Bertz CT molecular complexity index is 328. The second kappa shape index (κ2) is 7.05. The molecule has 0 aliphatic rings. The fourth-order valence-corrected chi connectivity index (χ4v) is 1.76. The SMILES string of the molecule is C=C/C(=C\C)C(C)(C)c1ccccc1.CC. The molecule has 88 valence electrons. The van der Waals surface area contributed by atoms with Gasteiger partial charge in [-0.05, 0) is 18.1 Å². The van der Waals surface area contributed by atoms with E-state index >= 15 is 0 Å². The molecule has 16 heavy (non-hydrogen) atoms. The van der Waals surface area contributed by atoms with E-state index in [-0.39, 0.29) is 5.41 Å². The van der Waals surface area contributed by atoms with Crippen molar-refractivity contribution in [2.24, 2.45) is 0 Å². The van der Waals surface area contributed by atoms with Crippen molar-refractivity contribution in [3.63, 3.8) is 0 Å². The molecule has 0 aliphatic heterocycles. The van der Waals surface area contributed by atoms with Gasteiger partial charge in [-0.25, -0.2) is 0 Å². The van der Waals surface area contributed by atoms with Gasteiger partial charge in [-0.2, -0.15) is 0 Å². The van der Waals surface area contributed by atoms with Crippen LogP contribution in [0.4, 0.5) is 0 Å². The molecule has 0 saturated heterocycles. The zero-order chi connectivity index (χ0) is 12.6. The number of benzene rings is 1. The van der Waals surface area contributed by atoms with E-state index < -0.39 is 0 Å². The molecule has 0 heterocycles. The molecule has 0 atom stereocenters. The van der Waals surface area contributed by atoms with Crippen LogP contribution in [0.2, 0.25) is 0 Å². The van der Waals surface area contributed by atoms with Crippen LogP contribution in [0.15, 0.2) is 54.6 Å². The molecule has 0 amide bonds. The smallest absolute Gasteiger partial charge is 0.0143 e. The van der Waals surface area contributed by atoms with Crippen molar-refractivity contribution in [2.45, 2.75) is 40.0 Å². The third kappa shape index (κ3) is 3.37. The fraction of sp³-hybridized carbons (Fsp3) is 0.375. The summed E-state index contributed by atoms with van der Waals surface area (Å²) in [5.74, 6) is 0. The van der Waals surface area contributed by atoms with Gasteiger partial charge in [0.1, 0.15) is 0 Å². The van der Waals surface area contributed by atoms with Gasteiger partial charge in [0.25, 0.3) is 0 Å². The summed E-state index contributed by atoms with van der Waals surface area (Å²) in [6.07, 6.45) is 4.06. The summed E-state index contributed by atoms with van der Waals surface area (Å²) in [5.41, 5.74) is 2.65. The molecular formula is C16H24. The molecule has 1 aromatic carbocycles. The highest BCUT2D eigenvalue weighted by Crippen LogP contribution is 2.31. The molecule has 0 unspecified atom stereocenters. The van der Waals surface area contributed by atoms with Crippen molar-refractivity contribution in [3.05, 3.63) is 60.2 Å². The lowest BCUT2D eigenvalue weighted by Gasteiger charge is -2.26. The van der Waals surface area contributed by atoms with Crippen molar-refractivity contribution >= 4 is 0 Å². The molecule has 0 radical (unpaired) electrons. The quantitative estimate of drug-likeness (QED) is 0.615. The van der Waals surface area contributed by atoms with Gasteiger partial charge in [-0.1, -0.05) is 76.8 Å². The summed E-state index contributed by atoms with van der Waals surface area (Å²) in [5, 5.41) is 0. The summed E-state index contributed by atoms with van der Waals surface area (Å²) in [4.78, 5) is 0. The number of rotatable bonds is 3. The van der Waals surface area contributed by atoms with E-state index in [2.05, 4.69) is 57.7 Å². The molecule has 0 spiro atoms. The van der Waals surface area contributed by atoms with Gasteiger partial charge in [0.2, 0.25) is 0 Å². The average Bonchev–Trinajstić information content (AvgIpc) is 2.34. The zero-order valence-electron chi connectivity index (χ0n) is 11.2. The first-order chi connectivity index (χ1) is 7.62. The lowest BCUT2D eigenvalue weighted by Crippen LogP contribution is -2.18. The van der Waals surface area contributed by atoms with Gasteiger partial charge < -0.3 is 0 Å². The maximum atomic E-state index is 3.86. The number of hydrogen-bond acceptors (Lipinski definition) is 0. The third-order valence-corrected chi connectivity index (χ3v) is 2.75. The molecule has 0 aromatic heterocycles. The minimum Gasteiger partial charge on any atom is -0.0988 e. The van der Waals surface area contributed by atoms with E-state index in [1.165, 1.54) is 11.1 Å². The summed E-state index contributed by atoms with van der Waals surface area (Å²) >= 11 is 0. The number of hydrogen-bond donors (Lipinski definition) is 0. The Morgan fingerprint density at radius 3 is 2.00 bits per heavy atom. The number of allylic oxidation sites excluding steroid dienone is 3. The molecule has 0 aliphatic carbocycles. The van der Waals surface area contributed by atoms with Gasteiger partial charge in [-0.3, -0.25) is 0 Å². The molecular weight excluding hydrogens is 192 g/mol. The van der Waals surface area contributed by atoms with E-state index in [4.69, 9.17) is 0 Å². The van der Waals surface area contributed by atoms with Crippen molar-refractivity contribution in [1.82, 2.24) is 0 Å². The monoisotopic (exact) mass is 216 g/mol. The Hall–Kier alpha value is -1.30. The minimum atomic E-state index is 0.0533. The summed E-state index contributed by atoms with van der Waals surface area (Å²) < 4.78 is 0. The predicted octanol–water partition coefficient (Wildman–Crippen LogP) is 5.12. The summed E-state index contributed by atoms with van der Waals surface area (Å²) in [7, 11) is 0. The van der Waals surface area contributed by atoms with Crippen LogP contribution < -0.4 is 0 Å². The van der Waals surface area contributed by atoms with Crippen LogP contribution in [0, 0.1) is 0 Å². The Morgan fingerprint density at radius 2 is 1.62 bits per heavy atom. The van der Waals surface area contributed by atoms with Crippen molar-refractivity contribution < 1.29 is 0 Å². The van der Waals surface area contributed by atoms with Crippen LogP contribution in [-0.4, -0.2) is 0 Å². The Morgan fingerprint density at radius 1 is 1.12 bits per heavy atom. The average molecular weight is 216 g/mol. The molecule has 0 N–H and O–H groups in total. The zero-order valence-corrected chi connectivity index (χ0v) is 11.2. The van der Waals surface area contributed by atoms with Crippen LogP contribution in [-0.2, 0) is 5.41 Å². The molecule has 1 rings (SSSR count). The second-order valence-corrected chi connectivity index (χ2v) is 3.94. The van der Waals surface area contributed by atoms with Crippen LogP contribution in [0.1, 0.15) is 40.2 Å². The highest BCUT2D eigenvalue weighted by Gasteiger charge is 2.22. The van der Waals surface area contributed by atoms with E-state index in [9.17, 15) is 0 Å². The van der Waals surface area contributed by atoms with E-state index in [1.54, 1.807) is 0 Å². The fourth-order valence-electron chi connectivity index (χ4n) is 1.76. The van der Waals surface area contributed by atoms with Gasteiger partial charge in [0.05, 0.1) is 0 Å². The highest BCUT2D eigenvalue weighted by molar-refractivity contribution is 5.38. The van der Waals surface area contributed by atoms with Gasteiger partial charge in [0.15, 0.2) is 0 Å². The van der Waals surface area contributed by atoms with Gasteiger partial charge >= 0.3 is 0 Å². The summed E-state index contributed by atoms with van der Waals surface area (Å²) in [6.45, 7) is 14.4. The van der Waals surface area contributed by atoms with Crippen LogP contribution in [0.5, 0.6) is 0 Å². The van der Waals surface area contributed by atoms with Crippen molar-refractivity contribution in [2.75, 3.05) is 0 Å². The highest BCUT2D eigenvalue weighted by atomic mass is 14.3. The van der Waals surface area contributed by atoms with Crippen LogP contribution in [0.3, 0.4) is 0 Å². The molecule has 0 fully saturated rings. The molecule has 1 aromatic rings. The van der Waals surface area contributed by atoms with E-state index in [1.807, 2.05) is 26.0 Å². The first kappa shape index (κ1) is 14.7. The lowest BCUT2D eigenvalue weighted by atomic mass is 9.77. The Balaban J connectivity index is 0.00000106. The van der Waals surface area contributed by atoms with Crippen LogP contribution in [0.25, 0.3) is 0 Å². The van der Waals surface area contributed by atoms with Crippen molar-refractivity contribution in [1.29, 1.82) is 0 Å². The van der Waals surface area contributed by atoms with Crippen molar-refractivity contribution in [3.8, 4) is 0 Å². The first-order valence-electron chi connectivity index (χ1n) is 5.97. The summed E-state index contributed by atoms with van der Waals surface area (Å²) in [6, 6.07) is 10.5. The van der Waals surface area contributed by atoms with E-state index in [0.29, 0.717) is 0 Å². The standard InChI is InChI=1S/C14H18.C2H6/c1-5-12(6-2)14(3,4)13-10-8-7-9-11-13;1-2/h5-11H,1H2,2-4H3;1-2H3/b12-6+;. The molecule has 0 saturated carbocycles. The topological polar surface area (TPSA) is 0 Å². The predicted molar refractivity (Wildman–Crippen MR) is 74.8 cm³/mol. The largest absolute Gasteiger partial charge is 0.0988 e. The molecule has 0 nitrogen and oxygen atoms in total. The van der Waals surface area contributed by atoms with E-state index in [0.717, 1.165) is 0 Å². The Labute approximate surface area is 101 Å². The minimum absolute atomic E-state index is 0.0533. The van der Waals surface area contributed by atoms with Gasteiger partial charge in [-0.15, -0.1) is 0 Å². The molecule has 0 heteroatoms. The van der Waals surface area contributed by atoms with Crippen LogP contribution >= 0.6 is 0 Å². The second-order valence-electron chi connectivity index (χ2n) is 3.94. The lowest BCUT2D eigenvalue weighted by molar-refractivity contribution is 0.638. The maximum absolute atomic E-state index is 3.86. The maximum Gasteiger partial charge on any atom is 0.0143 e. The molecule has 0 bridgehead atoms.